The molecule has 6 heteroatoms. The highest BCUT2D eigenvalue weighted by Crippen LogP contribution is 2.30. The number of hydrogen-bond acceptors (Lipinski definition) is 4. The Morgan fingerprint density at radius 1 is 1.50 bits per heavy atom. The topological polar surface area (TPSA) is 53.3 Å². The molecule has 1 aliphatic rings. The molecule has 1 atom stereocenters. The zero-order valence-electron chi connectivity index (χ0n) is 12.3. The van der Waals surface area contributed by atoms with E-state index >= 15 is 0 Å². The van der Waals surface area contributed by atoms with Crippen LogP contribution in [0.5, 0.6) is 0 Å². The number of carbonyl (C=O) groups is 1. The molecule has 0 amide bonds. The van der Waals surface area contributed by atoms with Crippen LogP contribution in [0.3, 0.4) is 0 Å². The van der Waals surface area contributed by atoms with Gasteiger partial charge in [0.15, 0.2) is 6.23 Å². The maximum atomic E-state index is 11.3. The van der Waals surface area contributed by atoms with Crippen molar-refractivity contribution in [3.8, 4) is 0 Å². The number of nitrogens with zero attached hydrogens (tertiary/aromatic N) is 2. The number of methoxy groups -OCH3 is 1. The Morgan fingerprint density at radius 3 is 3.09 bits per heavy atom. The van der Waals surface area contributed by atoms with Gasteiger partial charge in [-0.2, -0.15) is 5.10 Å². The smallest absolute Gasteiger partial charge is 0.330 e. The third-order valence-electron chi connectivity index (χ3n) is 3.70. The summed E-state index contributed by atoms with van der Waals surface area (Å²) in [5.41, 5.74) is 1.62. The average molecular weight is 321 g/mol. The average Bonchev–Trinajstić information content (AvgIpc) is 2.91. The van der Waals surface area contributed by atoms with Crippen molar-refractivity contribution in [3.63, 3.8) is 0 Å². The summed E-state index contributed by atoms with van der Waals surface area (Å²) in [6.45, 7) is 0.743. The maximum Gasteiger partial charge on any atom is 0.330 e. The van der Waals surface area contributed by atoms with Crippen LogP contribution < -0.4 is 0 Å². The molecule has 2 aromatic rings. The number of fused-ring (bicyclic) bond motifs is 1. The maximum absolute atomic E-state index is 11.3. The number of benzene rings is 1. The van der Waals surface area contributed by atoms with Crippen molar-refractivity contribution >= 4 is 34.5 Å². The molecular formula is C16H17ClN2O3. The van der Waals surface area contributed by atoms with Gasteiger partial charge in [-0.05, 0) is 43.5 Å². The number of rotatable bonds is 3. The number of carbonyl (C=O) groups excluding carboxylic acids is 1. The molecule has 0 spiro atoms. The summed E-state index contributed by atoms with van der Waals surface area (Å²) >= 11 is 6.09. The number of hydrogen-bond donors (Lipinski definition) is 0. The summed E-state index contributed by atoms with van der Waals surface area (Å²) in [6, 6.07) is 5.61. The molecule has 2 heterocycles. The second-order valence-corrected chi connectivity index (χ2v) is 5.61. The van der Waals surface area contributed by atoms with Gasteiger partial charge in [0.05, 0.1) is 18.3 Å². The molecule has 0 saturated carbocycles. The first-order chi connectivity index (χ1) is 10.7. The van der Waals surface area contributed by atoms with Gasteiger partial charge in [0.2, 0.25) is 0 Å². The van der Waals surface area contributed by atoms with Gasteiger partial charge < -0.3 is 9.47 Å². The monoisotopic (exact) mass is 320 g/mol. The fourth-order valence-corrected chi connectivity index (χ4v) is 2.78. The summed E-state index contributed by atoms with van der Waals surface area (Å²) < 4.78 is 12.3. The van der Waals surface area contributed by atoms with Gasteiger partial charge in [-0.3, -0.25) is 0 Å². The van der Waals surface area contributed by atoms with Gasteiger partial charge in [-0.1, -0.05) is 11.6 Å². The predicted octanol–water partition coefficient (Wildman–Crippen LogP) is 3.58. The number of ether oxygens (including phenoxy) is 2. The second kappa shape index (κ2) is 6.50. The quantitative estimate of drug-likeness (QED) is 0.641. The van der Waals surface area contributed by atoms with Gasteiger partial charge >= 0.3 is 5.97 Å². The molecule has 1 aliphatic heterocycles. The van der Waals surface area contributed by atoms with Gasteiger partial charge in [0.25, 0.3) is 0 Å². The van der Waals surface area contributed by atoms with Crippen LogP contribution in [0.15, 0.2) is 24.3 Å². The van der Waals surface area contributed by atoms with E-state index in [4.69, 9.17) is 16.3 Å². The first-order valence-corrected chi connectivity index (χ1v) is 7.62. The van der Waals surface area contributed by atoms with E-state index in [0.717, 1.165) is 36.8 Å². The molecule has 1 unspecified atom stereocenters. The van der Waals surface area contributed by atoms with Crippen molar-refractivity contribution in [1.82, 2.24) is 9.78 Å². The van der Waals surface area contributed by atoms with E-state index in [2.05, 4.69) is 9.84 Å². The lowest BCUT2D eigenvalue weighted by Crippen LogP contribution is -2.19. The number of halogens is 1. The summed E-state index contributed by atoms with van der Waals surface area (Å²) in [5, 5.41) is 6.12. The zero-order valence-corrected chi connectivity index (χ0v) is 13.0. The minimum atomic E-state index is -0.418. The van der Waals surface area contributed by atoms with Crippen LogP contribution in [0.25, 0.3) is 17.0 Å². The fraction of sp³-hybridized carbons (Fsp3) is 0.375. The fourth-order valence-electron chi connectivity index (χ4n) is 2.61. The van der Waals surface area contributed by atoms with Crippen LogP contribution >= 0.6 is 11.6 Å². The molecule has 0 radical (unpaired) electrons. The van der Waals surface area contributed by atoms with Crippen molar-refractivity contribution in [2.24, 2.45) is 0 Å². The zero-order chi connectivity index (χ0) is 15.5. The molecular weight excluding hydrogens is 304 g/mol. The molecule has 1 saturated heterocycles. The van der Waals surface area contributed by atoms with Gasteiger partial charge in [-0.25, -0.2) is 9.48 Å². The lowest BCUT2D eigenvalue weighted by molar-refractivity contribution is -0.134. The van der Waals surface area contributed by atoms with Crippen molar-refractivity contribution in [2.45, 2.75) is 25.5 Å². The van der Waals surface area contributed by atoms with Gasteiger partial charge in [0, 0.05) is 23.1 Å². The van der Waals surface area contributed by atoms with Crippen LogP contribution in [0.1, 0.15) is 31.2 Å². The second-order valence-electron chi connectivity index (χ2n) is 5.17. The highest BCUT2D eigenvalue weighted by atomic mass is 35.5. The van der Waals surface area contributed by atoms with Gasteiger partial charge in [-0.15, -0.1) is 0 Å². The standard InChI is InChI=1S/C16H17ClN2O3/c1-21-16(20)8-6-13-12-10-11(17)5-7-14(12)19(18-13)15-4-2-3-9-22-15/h5-8,10,15H,2-4,9H2,1H3. The molecule has 1 aromatic carbocycles. The third kappa shape index (κ3) is 3.00. The molecule has 1 fully saturated rings. The Balaban J connectivity index is 2.05. The lowest BCUT2D eigenvalue weighted by atomic mass is 10.1. The van der Waals surface area contributed by atoms with E-state index in [1.165, 1.54) is 13.2 Å². The molecule has 0 N–H and O–H groups in total. The van der Waals surface area contributed by atoms with Crippen LogP contribution in [0.4, 0.5) is 0 Å². The van der Waals surface area contributed by atoms with E-state index in [1.807, 2.05) is 22.9 Å². The minimum Gasteiger partial charge on any atom is -0.466 e. The third-order valence-corrected chi connectivity index (χ3v) is 3.94. The van der Waals surface area contributed by atoms with Crippen LogP contribution in [0.2, 0.25) is 5.02 Å². The largest absolute Gasteiger partial charge is 0.466 e. The summed E-state index contributed by atoms with van der Waals surface area (Å²) in [4.78, 5) is 11.3. The van der Waals surface area contributed by atoms with Crippen molar-refractivity contribution in [2.75, 3.05) is 13.7 Å². The molecule has 116 valence electrons. The van der Waals surface area contributed by atoms with Crippen LogP contribution in [0, 0.1) is 0 Å². The molecule has 3 rings (SSSR count). The Bertz CT molecular complexity index is 717. The van der Waals surface area contributed by atoms with E-state index < -0.39 is 5.97 Å². The van der Waals surface area contributed by atoms with Gasteiger partial charge in [0.1, 0.15) is 0 Å². The highest BCUT2D eigenvalue weighted by molar-refractivity contribution is 6.31. The molecule has 0 bridgehead atoms. The van der Waals surface area contributed by atoms with Crippen molar-refractivity contribution < 1.29 is 14.3 Å². The predicted molar refractivity (Wildman–Crippen MR) is 84.6 cm³/mol. The van der Waals surface area contributed by atoms with Crippen LogP contribution in [-0.2, 0) is 14.3 Å². The van der Waals surface area contributed by atoms with Crippen LogP contribution in [-0.4, -0.2) is 29.5 Å². The SMILES string of the molecule is COC(=O)C=Cc1nn(C2CCCCO2)c2ccc(Cl)cc12. The lowest BCUT2D eigenvalue weighted by Gasteiger charge is -2.23. The summed E-state index contributed by atoms with van der Waals surface area (Å²) in [6.07, 6.45) is 6.06. The van der Waals surface area contributed by atoms with E-state index in [1.54, 1.807) is 6.08 Å². The first kappa shape index (κ1) is 15.1. The summed E-state index contributed by atoms with van der Waals surface area (Å²) in [7, 11) is 1.34. The van der Waals surface area contributed by atoms with Crippen molar-refractivity contribution in [3.05, 3.63) is 35.0 Å². The first-order valence-electron chi connectivity index (χ1n) is 7.24. The Labute approximate surface area is 133 Å². The summed E-state index contributed by atoms with van der Waals surface area (Å²) in [5.74, 6) is -0.418. The minimum absolute atomic E-state index is 0.0716. The van der Waals surface area contributed by atoms with E-state index in [0.29, 0.717) is 10.7 Å². The number of esters is 1. The van der Waals surface area contributed by atoms with Crippen molar-refractivity contribution in [1.29, 1.82) is 0 Å². The normalized spacial score (nSPS) is 18.9. The van der Waals surface area contributed by atoms with E-state index in [-0.39, 0.29) is 6.23 Å². The highest BCUT2D eigenvalue weighted by Gasteiger charge is 2.20. The van der Waals surface area contributed by atoms with E-state index in [9.17, 15) is 4.79 Å². The Morgan fingerprint density at radius 2 is 2.36 bits per heavy atom. The molecule has 1 aromatic heterocycles. The molecule has 0 aliphatic carbocycles. The number of aromatic nitrogens is 2. The molecule has 5 nitrogen and oxygen atoms in total. The molecule has 22 heavy (non-hydrogen) atoms. The Hall–Kier alpha value is -1.85. The Kier molecular flexibility index (Phi) is 4.45.